The van der Waals surface area contributed by atoms with E-state index in [1.807, 2.05) is 0 Å². The number of hydrogen-bond acceptors (Lipinski definition) is 7. The maximum Gasteiger partial charge on any atom is 0.335 e. The molecule has 0 amide bonds. The van der Waals surface area contributed by atoms with Crippen LogP contribution in [-0.4, -0.2) is 71.3 Å². The molecule has 1 fully saturated rings. The van der Waals surface area contributed by atoms with Gasteiger partial charge in [0.25, 0.3) is 0 Å². The van der Waals surface area contributed by atoms with Crippen LogP contribution >= 0.6 is 0 Å². The molecule has 0 spiro atoms. The summed E-state index contributed by atoms with van der Waals surface area (Å²) in [5, 5.41) is 17.9. The van der Waals surface area contributed by atoms with Gasteiger partial charge in [0.1, 0.15) is 0 Å². The number of benzene rings is 1. The van der Waals surface area contributed by atoms with Gasteiger partial charge in [-0.2, -0.15) is 10.5 Å². The van der Waals surface area contributed by atoms with Crippen LogP contribution in [0.4, 0.5) is 0 Å². The van der Waals surface area contributed by atoms with Gasteiger partial charge in [-0.15, -0.1) is 0 Å². The standard InChI is InChI=1S/C16H20N4O4/c21-10-9-19-5-7-20(8-6-19)16-17-14(24-18-16)11-12-1-3-13(4-2-12)15(22)23/h1-4,11,21H,5-10H2,(H,17,18)(H,22,23)/b14-11-. The average Bonchev–Trinajstić information content (AvgIpc) is 3.05. The summed E-state index contributed by atoms with van der Waals surface area (Å²) in [5.41, 5.74) is 3.88. The number of hydrogen-bond donors (Lipinski definition) is 3. The Labute approximate surface area is 139 Å². The molecule has 2 aliphatic heterocycles. The lowest BCUT2D eigenvalue weighted by Crippen LogP contribution is -2.51. The number of aliphatic hydroxyl groups excluding tert-OH is 1. The normalized spacial score (nSPS) is 19.8. The van der Waals surface area contributed by atoms with Gasteiger partial charge >= 0.3 is 5.97 Å². The van der Waals surface area contributed by atoms with Crippen molar-refractivity contribution in [3.8, 4) is 0 Å². The third-order valence-corrected chi connectivity index (χ3v) is 4.00. The highest BCUT2D eigenvalue weighted by Gasteiger charge is 2.23. The Hall–Kier alpha value is -2.58. The van der Waals surface area contributed by atoms with E-state index in [1.54, 1.807) is 30.3 Å². The van der Waals surface area contributed by atoms with E-state index in [-0.39, 0.29) is 12.2 Å². The maximum atomic E-state index is 10.8. The first kappa shape index (κ1) is 16.3. The van der Waals surface area contributed by atoms with Crippen molar-refractivity contribution >= 4 is 18.0 Å². The fourth-order valence-electron chi connectivity index (χ4n) is 2.63. The molecule has 0 radical (unpaired) electrons. The van der Waals surface area contributed by atoms with Crippen LogP contribution in [0.15, 0.2) is 35.1 Å². The quantitative estimate of drug-likeness (QED) is 0.724. The molecule has 2 aliphatic rings. The molecule has 0 aromatic heterocycles. The fourth-order valence-corrected chi connectivity index (χ4v) is 2.63. The van der Waals surface area contributed by atoms with Gasteiger partial charge in [-0.3, -0.25) is 4.90 Å². The molecule has 3 N–H and O–H groups in total. The summed E-state index contributed by atoms with van der Waals surface area (Å²) in [6.45, 7) is 4.25. The van der Waals surface area contributed by atoms with Crippen LogP contribution in [0, 0.1) is 0 Å². The second kappa shape index (κ2) is 7.33. The second-order valence-electron chi connectivity index (χ2n) is 5.60. The largest absolute Gasteiger partial charge is 0.478 e. The lowest BCUT2D eigenvalue weighted by molar-refractivity contribution is 0.0697. The summed E-state index contributed by atoms with van der Waals surface area (Å²) in [6, 6.07) is 6.51. The molecule has 0 bridgehead atoms. The number of carboxylic acids is 1. The van der Waals surface area contributed by atoms with E-state index >= 15 is 0 Å². The van der Waals surface area contributed by atoms with Crippen LogP contribution in [-0.2, 0) is 4.84 Å². The lowest BCUT2D eigenvalue weighted by Gasteiger charge is -2.34. The molecule has 1 aromatic carbocycles. The van der Waals surface area contributed by atoms with E-state index in [4.69, 9.17) is 15.1 Å². The molecule has 2 heterocycles. The summed E-state index contributed by atoms with van der Waals surface area (Å²) in [4.78, 5) is 24.9. The van der Waals surface area contributed by atoms with Crippen molar-refractivity contribution in [1.29, 1.82) is 0 Å². The highest BCUT2D eigenvalue weighted by Crippen LogP contribution is 2.15. The SMILES string of the molecule is O=C(O)c1ccc(/C=C2/N=C(N3CCN(CCO)CC3)NO2)cc1. The Kier molecular flexibility index (Phi) is 4.97. The summed E-state index contributed by atoms with van der Waals surface area (Å²) in [6.07, 6.45) is 1.74. The van der Waals surface area contributed by atoms with Gasteiger partial charge in [-0.05, 0) is 17.7 Å². The molecule has 0 atom stereocenters. The third kappa shape index (κ3) is 3.84. The number of aliphatic imine (C=N–C) groups is 1. The molecule has 1 saturated heterocycles. The first-order valence-electron chi connectivity index (χ1n) is 7.80. The Morgan fingerprint density at radius 1 is 1.25 bits per heavy atom. The number of guanidine groups is 1. The van der Waals surface area contributed by atoms with Crippen molar-refractivity contribution in [1.82, 2.24) is 15.3 Å². The number of carbonyl (C=O) groups is 1. The van der Waals surface area contributed by atoms with Gasteiger partial charge in [0.2, 0.25) is 11.8 Å². The zero-order valence-corrected chi connectivity index (χ0v) is 13.2. The number of hydroxylamine groups is 1. The van der Waals surface area contributed by atoms with Crippen LogP contribution in [0.1, 0.15) is 15.9 Å². The first-order chi connectivity index (χ1) is 11.7. The number of rotatable bonds is 4. The predicted octanol–water partition coefficient (Wildman–Crippen LogP) is 0.184. The minimum absolute atomic E-state index is 0.176. The van der Waals surface area contributed by atoms with Crippen molar-refractivity contribution in [2.45, 2.75) is 0 Å². The van der Waals surface area contributed by atoms with Gasteiger partial charge in [0.15, 0.2) is 0 Å². The number of aromatic carboxylic acids is 1. The number of carboxylic acid groups (broad SMARTS) is 1. The van der Waals surface area contributed by atoms with Gasteiger partial charge in [-0.1, -0.05) is 12.1 Å². The Bertz CT molecular complexity index is 649. The van der Waals surface area contributed by atoms with Crippen LogP contribution in [0.2, 0.25) is 0 Å². The topological polar surface area (TPSA) is 97.6 Å². The van der Waals surface area contributed by atoms with Crippen molar-refractivity contribution in [2.75, 3.05) is 39.3 Å². The molecule has 3 rings (SSSR count). The Morgan fingerprint density at radius 3 is 2.58 bits per heavy atom. The molecule has 128 valence electrons. The molecule has 8 heteroatoms. The van der Waals surface area contributed by atoms with Crippen molar-refractivity contribution in [3.63, 3.8) is 0 Å². The highest BCUT2D eigenvalue weighted by atomic mass is 16.7. The first-order valence-corrected chi connectivity index (χ1v) is 7.80. The van der Waals surface area contributed by atoms with Crippen molar-refractivity contribution < 1.29 is 19.8 Å². The van der Waals surface area contributed by atoms with E-state index in [9.17, 15) is 4.79 Å². The van der Waals surface area contributed by atoms with E-state index in [0.29, 0.717) is 18.4 Å². The molecule has 24 heavy (non-hydrogen) atoms. The highest BCUT2D eigenvalue weighted by molar-refractivity contribution is 5.88. The zero-order valence-electron chi connectivity index (χ0n) is 13.2. The second-order valence-corrected chi connectivity index (χ2v) is 5.60. The Morgan fingerprint density at radius 2 is 1.96 bits per heavy atom. The zero-order chi connectivity index (χ0) is 16.9. The summed E-state index contributed by atoms with van der Waals surface area (Å²) < 4.78 is 0. The van der Waals surface area contributed by atoms with Crippen LogP contribution < -0.4 is 5.48 Å². The van der Waals surface area contributed by atoms with Crippen molar-refractivity contribution in [3.05, 3.63) is 41.3 Å². The molecular weight excluding hydrogens is 312 g/mol. The number of nitrogens with zero attached hydrogens (tertiary/aromatic N) is 3. The number of β-amino-alcohol motifs (C(OH)–C–C–N with tert-alkyl or cyclic N) is 1. The summed E-state index contributed by atoms with van der Waals surface area (Å²) >= 11 is 0. The maximum absolute atomic E-state index is 10.8. The van der Waals surface area contributed by atoms with Gasteiger partial charge in [0, 0.05) is 38.8 Å². The average molecular weight is 332 g/mol. The third-order valence-electron chi connectivity index (χ3n) is 4.00. The minimum atomic E-state index is -0.950. The molecule has 1 aromatic rings. The van der Waals surface area contributed by atoms with Crippen molar-refractivity contribution in [2.24, 2.45) is 4.99 Å². The minimum Gasteiger partial charge on any atom is -0.478 e. The molecule has 0 saturated carbocycles. The Balaban J connectivity index is 1.62. The number of piperazine rings is 1. The van der Waals surface area contributed by atoms with Crippen LogP contribution in [0.3, 0.4) is 0 Å². The molecule has 0 unspecified atom stereocenters. The summed E-state index contributed by atoms with van der Waals surface area (Å²) in [5.74, 6) is 0.159. The smallest absolute Gasteiger partial charge is 0.335 e. The van der Waals surface area contributed by atoms with Gasteiger partial charge in [-0.25, -0.2) is 4.79 Å². The van der Waals surface area contributed by atoms with Gasteiger partial charge in [0.05, 0.1) is 12.2 Å². The van der Waals surface area contributed by atoms with Crippen LogP contribution in [0.5, 0.6) is 0 Å². The van der Waals surface area contributed by atoms with E-state index in [2.05, 4.69) is 20.3 Å². The number of aliphatic hydroxyl groups is 1. The monoisotopic (exact) mass is 332 g/mol. The molecular formula is C16H20N4O4. The van der Waals surface area contributed by atoms with E-state index in [1.165, 1.54) is 0 Å². The number of nitrogens with one attached hydrogen (secondary N) is 1. The van der Waals surface area contributed by atoms with Gasteiger partial charge < -0.3 is 20.0 Å². The lowest BCUT2D eigenvalue weighted by atomic mass is 10.1. The molecule has 0 aliphatic carbocycles. The molecule has 8 nitrogen and oxygen atoms in total. The van der Waals surface area contributed by atoms with E-state index in [0.717, 1.165) is 31.7 Å². The van der Waals surface area contributed by atoms with Crippen LogP contribution in [0.25, 0.3) is 6.08 Å². The predicted molar refractivity (Wildman–Crippen MR) is 88.1 cm³/mol. The van der Waals surface area contributed by atoms with E-state index < -0.39 is 5.97 Å². The summed E-state index contributed by atoms with van der Waals surface area (Å²) in [7, 11) is 0. The fraction of sp³-hybridized carbons (Fsp3) is 0.375.